The lowest BCUT2D eigenvalue weighted by Crippen LogP contribution is -2.51. The summed E-state index contributed by atoms with van der Waals surface area (Å²) >= 11 is 8.03. The Bertz CT molecular complexity index is 194. The molecule has 2 unspecified atom stereocenters. The van der Waals surface area contributed by atoms with Crippen molar-refractivity contribution in [1.82, 2.24) is 0 Å². The lowest BCUT2D eigenvalue weighted by molar-refractivity contribution is -0.918. The quantitative estimate of drug-likeness (QED) is 0.523. The van der Waals surface area contributed by atoms with E-state index in [4.69, 9.17) is 11.6 Å². The predicted molar refractivity (Wildman–Crippen MR) is 64.9 cm³/mol. The van der Waals surface area contributed by atoms with Crippen molar-refractivity contribution < 1.29 is 4.48 Å². The minimum Gasteiger partial charge on any atom is -0.314 e. The first kappa shape index (κ1) is 11.1. The Balaban J connectivity index is 1.94. The van der Waals surface area contributed by atoms with Gasteiger partial charge in [-0.3, -0.25) is 0 Å². The third-order valence-electron chi connectivity index (χ3n) is 3.85. The zero-order valence-corrected chi connectivity index (χ0v) is 10.6. The van der Waals surface area contributed by atoms with Crippen molar-refractivity contribution in [3.8, 4) is 0 Å². The van der Waals surface area contributed by atoms with E-state index in [-0.39, 0.29) is 0 Å². The fraction of sp³-hybridized carbons (Fsp3) is 1.00. The number of quaternary nitrogens is 1. The van der Waals surface area contributed by atoms with E-state index in [2.05, 4.69) is 18.8 Å². The van der Waals surface area contributed by atoms with Gasteiger partial charge in [-0.25, -0.2) is 0 Å². The topological polar surface area (TPSA) is 0 Å². The normalized spacial score (nSPS) is 40.3. The molecule has 0 aromatic carbocycles. The van der Waals surface area contributed by atoms with E-state index in [0.29, 0.717) is 5.25 Å². The number of rotatable bonds is 2. The molecule has 1 saturated carbocycles. The van der Waals surface area contributed by atoms with Gasteiger partial charge < -0.3 is 4.48 Å². The Labute approximate surface area is 96.8 Å². The van der Waals surface area contributed by atoms with E-state index in [1.54, 1.807) is 0 Å². The van der Waals surface area contributed by atoms with Crippen molar-refractivity contribution in [2.75, 3.05) is 25.3 Å². The van der Waals surface area contributed by atoms with Crippen molar-refractivity contribution >= 4 is 23.4 Å². The van der Waals surface area contributed by atoms with Crippen molar-refractivity contribution in [2.45, 2.75) is 43.4 Å². The maximum absolute atomic E-state index is 5.94. The molecular weight excluding hydrogens is 214 g/mol. The molecule has 0 aromatic heterocycles. The van der Waals surface area contributed by atoms with Gasteiger partial charge in [-0.05, 0) is 25.7 Å². The molecule has 0 amide bonds. The van der Waals surface area contributed by atoms with Gasteiger partial charge >= 0.3 is 0 Å². The van der Waals surface area contributed by atoms with Crippen molar-refractivity contribution in [3.63, 3.8) is 0 Å². The van der Waals surface area contributed by atoms with Crippen LogP contribution in [0.25, 0.3) is 0 Å². The fourth-order valence-corrected chi connectivity index (χ4v) is 4.67. The molecule has 1 saturated heterocycles. The van der Waals surface area contributed by atoms with Crippen molar-refractivity contribution in [1.29, 1.82) is 0 Å². The highest BCUT2D eigenvalue weighted by Gasteiger charge is 2.41. The molecule has 0 radical (unpaired) electrons. The van der Waals surface area contributed by atoms with E-state index >= 15 is 0 Å². The first-order valence-electron chi connectivity index (χ1n) is 5.76. The Kier molecular flexibility index (Phi) is 3.67. The molecule has 1 aliphatic heterocycles. The summed E-state index contributed by atoms with van der Waals surface area (Å²) in [6.07, 6.45) is 7.27. The second-order valence-electron chi connectivity index (χ2n) is 5.03. The summed E-state index contributed by atoms with van der Waals surface area (Å²) in [5, 5.41) is 0.712. The maximum atomic E-state index is 5.94. The van der Waals surface area contributed by atoms with Gasteiger partial charge in [-0.2, -0.15) is 0 Å². The van der Waals surface area contributed by atoms with Crippen LogP contribution in [0.15, 0.2) is 0 Å². The molecule has 2 fully saturated rings. The molecule has 1 heterocycles. The van der Waals surface area contributed by atoms with Gasteiger partial charge in [0.15, 0.2) is 0 Å². The molecule has 2 atom stereocenters. The first-order valence-corrected chi connectivity index (χ1v) is 7.35. The molecule has 1 nitrogen and oxygen atoms in total. The molecule has 0 spiro atoms. The lowest BCUT2D eigenvalue weighted by atomic mass is 9.93. The predicted octanol–water partition coefficient (Wildman–Crippen LogP) is 3.08. The Hall–Kier alpha value is 0.600. The van der Waals surface area contributed by atoms with Crippen LogP contribution in [0, 0.1) is 0 Å². The standard InChI is InChI=1S/C11H21ClNS/c1-13(8-11(7-12)14-9-13)10-5-3-2-4-6-10/h10-11H,2-9H2,1H3/q+1. The second kappa shape index (κ2) is 4.63. The summed E-state index contributed by atoms with van der Waals surface area (Å²) in [4.78, 5) is 0. The van der Waals surface area contributed by atoms with Crippen LogP contribution < -0.4 is 0 Å². The molecule has 0 bridgehead atoms. The van der Waals surface area contributed by atoms with Crippen LogP contribution in [0.3, 0.4) is 0 Å². The summed E-state index contributed by atoms with van der Waals surface area (Å²) in [5.74, 6) is 2.13. The van der Waals surface area contributed by atoms with Gasteiger partial charge in [-0.15, -0.1) is 11.6 Å². The van der Waals surface area contributed by atoms with E-state index in [1.807, 2.05) is 0 Å². The van der Waals surface area contributed by atoms with Gasteiger partial charge in [0.05, 0.1) is 24.9 Å². The van der Waals surface area contributed by atoms with Crippen molar-refractivity contribution in [2.24, 2.45) is 0 Å². The summed E-state index contributed by atoms with van der Waals surface area (Å²) in [6, 6.07) is 0.935. The van der Waals surface area contributed by atoms with Crippen molar-refractivity contribution in [3.05, 3.63) is 0 Å². The Morgan fingerprint density at radius 3 is 2.57 bits per heavy atom. The highest BCUT2D eigenvalue weighted by Crippen LogP contribution is 2.36. The Morgan fingerprint density at radius 2 is 2.00 bits per heavy atom. The highest BCUT2D eigenvalue weighted by molar-refractivity contribution is 8.00. The third kappa shape index (κ3) is 2.23. The lowest BCUT2D eigenvalue weighted by Gasteiger charge is -2.39. The average molecular weight is 235 g/mol. The van der Waals surface area contributed by atoms with Gasteiger partial charge in [-0.1, -0.05) is 18.2 Å². The van der Waals surface area contributed by atoms with Crippen LogP contribution in [0.4, 0.5) is 0 Å². The number of thioether (sulfide) groups is 1. The summed E-state index contributed by atoms with van der Waals surface area (Å²) in [7, 11) is 2.44. The van der Waals surface area contributed by atoms with E-state index in [1.165, 1.54) is 49.0 Å². The number of alkyl halides is 1. The van der Waals surface area contributed by atoms with Gasteiger partial charge in [0, 0.05) is 5.88 Å². The van der Waals surface area contributed by atoms with Crippen LogP contribution in [0.2, 0.25) is 0 Å². The monoisotopic (exact) mass is 234 g/mol. The molecule has 0 N–H and O–H groups in total. The molecule has 0 aromatic rings. The molecule has 3 heteroatoms. The highest BCUT2D eigenvalue weighted by atomic mass is 35.5. The van der Waals surface area contributed by atoms with Crippen LogP contribution in [0.5, 0.6) is 0 Å². The Morgan fingerprint density at radius 1 is 1.29 bits per heavy atom. The third-order valence-corrected chi connectivity index (χ3v) is 5.94. The number of hydrogen-bond donors (Lipinski definition) is 0. The van der Waals surface area contributed by atoms with Gasteiger partial charge in [0.2, 0.25) is 0 Å². The minimum absolute atomic E-state index is 0.712. The molecule has 82 valence electrons. The first-order chi connectivity index (χ1) is 6.74. The number of hydrogen-bond acceptors (Lipinski definition) is 1. The number of halogens is 1. The molecule has 1 aliphatic carbocycles. The van der Waals surface area contributed by atoms with Crippen LogP contribution in [0.1, 0.15) is 32.1 Å². The van der Waals surface area contributed by atoms with E-state index in [9.17, 15) is 0 Å². The van der Waals surface area contributed by atoms with Gasteiger partial charge in [0.1, 0.15) is 5.88 Å². The number of nitrogens with zero attached hydrogens (tertiary/aromatic N) is 1. The summed E-state index contributed by atoms with van der Waals surface area (Å²) < 4.78 is 1.29. The molecular formula is C11H21ClNS+. The van der Waals surface area contributed by atoms with Crippen LogP contribution >= 0.6 is 23.4 Å². The SMILES string of the molecule is C[N+]1(C2CCCCC2)CSC(CCl)C1. The summed E-state index contributed by atoms with van der Waals surface area (Å²) in [5.41, 5.74) is 0. The minimum atomic E-state index is 0.712. The van der Waals surface area contributed by atoms with Crippen LogP contribution in [-0.4, -0.2) is 41.1 Å². The maximum Gasteiger partial charge on any atom is 0.126 e. The zero-order valence-electron chi connectivity index (χ0n) is 9.04. The fourth-order valence-electron chi connectivity index (χ4n) is 2.90. The second-order valence-corrected chi connectivity index (χ2v) is 6.59. The summed E-state index contributed by atoms with van der Waals surface area (Å²) in [6.45, 7) is 1.30. The van der Waals surface area contributed by atoms with Gasteiger partial charge in [0.25, 0.3) is 0 Å². The molecule has 2 rings (SSSR count). The smallest absolute Gasteiger partial charge is 0.126 e. The average Bonchev–Trinajstić information content (AvgIpc) is 2.63. The van der Waals surface area contributed by atoms with E-state index < -0.39 is 0 Å². The molecule has 14 heavy (non-hydrogen) atoms. The van der Waals surface area contributed by atoms with Crippen LogP contribution in [-0.2, 0) is 0 Å². The van der Waals surface area contributed by atoms with E-state index in [0.717, 1.165) is 11.9 Å². The zero-order chi connectivity index (χ0) is 10.0. The molecule has 2 aliphatic rings. The largest absolute Gasteiger partial charge is 0.314 e.